The zero-order valence-electron chi connectivity index (χ0n) is 17.3. The van der Waals surface area contributed by atoms with Gasteiger partial charge in [-0.3, -0.25) is 9.59 Å². The number of ketones is 1. The van der Waals surface area contributed by atoms with Crippen LogP contribution in [0.15, 0.2) is 60.0 Å². The Balaban J connectivity index is 1.67. The molecule has 0 spiro atoms. The van der Waals surface area contributed by atoms with E-state index < -0.39 is 0 Å². The third-order valence-electron chi connectivity index (χ3n) is 5.92. The number of carbonyl (C=O) groups excluding carboxylic acids is 2. The third-order valence-corrected chi connectivity index (χ3v) is 6.95. The van der Waals surface area contributed by atoms with Gasteiger partial charge in [-0.15, -0.1) is 11.3 Å². The minimum absolute atomic E-state index is 0.0260. The van der Waals surface area contributed by atoms with Crippen LogP contribution in [0.5, 0.6) is 5.75 Å². The van der Waals surface area contributed by atoms with Crippen molar-refractivity contribution >= 4 is 33.9 Å². The van der Waals surface area contributed by atoms with E-state index in [1.54, 1.807) is 18.6 Å². The second-order valence-electron chi connectivity index (χ2n) is 7.71. The quantitative estimate of drug-likeness (QED) is 0.451. The summed E-state index contributed by atoms with van der Waals surface area (Å²) in [5.41, 5.74) is 4.82. The van der Waals surface area contributed by atoms with E-state index in [0.717, 1.165) is 28.9 Å². The van der Waals surface area contributed by atoms with Crippen LogP contribution in [-0.2, 0) is 6.42 Å². The summed E-state index contributed by atoms with van der Waals surface area (Å²) in [6.07, 6.45) is 0.764. The fourth-order valence-corrected chi connectivity index (χ4v) is 5.26. The molecule has 0 radical (unpaired) electrons. The summed E-state index contributed by atoms with van der Waals surface area (Å²) in [6, 6.07) is 17.5. The molecule has 0 unspecified atom stereocenters. The zero-order chi connectivity index (χ0) is 21.5. The van der Waals surface area contributed by atoms with Crippen LogP contribution in [0.25, 0.3) is 10.9 Å². The van der Waals surface area contributed by atoms with Crippen LogP contribution < -0.4 is 4.74 Å². The second kappa shape index (κ2) is 7.71. The molecule has 2 aromatic heterocycles. The number of rotatable bonds is 4. The van der Waals surface area contributed by atoms with Crippen molar-refractivity contribution in [2.45, 2.75) is 19.4 Å². The monoisotopic (exact) mass is 430 g/mol. The van der Waals surface area contributed by atoms with Gasteiger partial charge in [-0.1, -0.05) is 36.4 Å². The van der Waals surface area contributed by atoms with E-state index in [1.165, 1.54) is 29.2 Å². The molecule has 5 rings (SSSR count). The predicted octanol–water partition coefficient (Wildman–Crippen LogP) is 5.23. The molecule has 1 N–H and O–H groups in total. The smallest absolute Gasteiger partial charge is 0.255 e. The molecule has 0 fully saturated rings. The Morgan fingerprint density at radius 2 is 1.90 bits per heavy atom. The molecule has 6 heteroatoms. The standard InChI is InChI=1S/C25H22N2O3S/c1-15(28)22-13-16(14-31-22)25(29)27-12-11-18-17-7-3-5-9-20(17)26-23(18)24(27)19-8-4-6-10-21(19)30-2/h3-10,13-14,24,26H,11-12H2,1-2H3/t24-/m1/s1. The Morgan fingerprint density at radius 1 is 1.13 bits per heavy atom. The minimum Gasteiger partial charge on any atom is -0.496 e. The van der Waals surface area contributed by atoms with E-state index in [0.29, 0.717) is 17.0 Å². The molecule has 3 heterocycles. The number of Topliss-reactive ketones (excluding diaryl/α,β-unsaturated/α-hetero) is 1. The van der Waals surface area contributed by atoms with Gasteiger partial charge in [0.25, 0.3) is 5.91 Å². The maximum absolute atomic E-state index is 13.6. The summed E-state index contributed by atoms with van der Waals surface area (Å²) < 4.78 is 5.66. The molecule has 4 aromatic rings. The van der Waals surface area contributed by atoms with Crippen LogP contribution in [-0.4, -0.2) is 35.2 Å². The molecule has 1 amide bonds. The molecule has 31 heavy (non-hydrogen) atoms. The Hall–Kier alpha value is -3.38. The molecule has 1 atom stereocenters. The molecule has 1 aliphatic heterocycles. The summed E-state index contributed by atoms with van der Waals surface area (Å²) in [4.78, 5) is 31.4. The average molecular weight is 431 g/mol. The average Bonchev–Trinajstić information content (AvgIpc) is 3.43. The first-order valence-corrected chi connectivity index (χ1v) is 11.1. The fourth-order valence-electron chi connectivity index (χ4n) is 4.47. The highest BCUT2D eigenvalue weighted by atomic mass is 32.1. The molecule has 0 aliphatic carbocycles. The summed E-state index contributed by atoms with van der Waals surface area (Å²) in [5, 5.41) is 2.97. The highest BCUT2D eigenvalue weighted by Crippen LogP contribution is 2.42. The molecule has 0 bridgehead atoms. The number of aromatic amines is 1. The molecular formula is C25H22N2O3S. The number of amides is 1. The van der Waals surface area contributed by atoms with Crippen molar-refractivity contribution in [3.63, 3.8) is 0 Å². The molecule has 0 saturated heterocycles. The summed E-state index contributed by atoms with van der Waals surface area (Å²) >= 11 is 1.31. The number of para-hydroxylation sites is 2. The van der Waals surface area contributed by atoms with Gasteiger partial charge in [-0.05, 0) is 37.1 Å². The second-order valence-corrected chi connectivity index (χ2v) is 8.62. The predicted molar refractivity (Wildman–Crippen MR) is 122 cm³/mol. The maximum atomic E-state index is 13.6. The van der Waals surface area contributed by atoms with Gasteiger partial charge in [-0.25, -0.2) is 0 Å². The van der Waals surface area contributed by atoms with E-state index in [4.69, 9.17) is 4.74 Å². The van der Waals surface area contributed by atoms with Crippen molar-refractivity contribution in [1.82, 2.24) is 9.88 Å². The number of hydrogen-bond acceptors (Lipinski definition) is 4. The molecule has 1 aliphatic rings. The molecule has 5 nitrogen and oxygen atoms in total. The highest BCUT2D eigenvalue weighted by Gasteiger charge is 2.36. The zero-order valence-corrected chi connectivity index (χ0v) is 18.2. The van der Waals surface area contributed by atoms with Crippen LogP contribution in [0, 0.1) is 0 Å². The normalized spacial score (nSPS) is 15.7. The van der Waals surface area contributed by atoms with Crippen molar-refractivity contribution in [3.8, 4) is 5.75 Å². The number of benzene rings is 2. The first-order valence-electron chi connectivity index (χ1n) is 10.2. The summed E-state index contributed by atoms with van der Waals surface area (Å²) in [7, 11) is 1.65. The first-order chi connectivity index (χ1) is 15.1. The fraction of sp³-hybridized carbons (Fsp3) is 0.200. The number of nitrogens with zero attached hydrogens (tertiary/aromatic N) is 1. The highest BCUT2D eigenvalue weighted by molar-refractivity contribution is 7.12. The Morgan fingerprint density at radius 3 is 2.68 bits per heavy atom. The lowest BCUT2D eigenvalue weighted by Gasteiger charge is -2.36. The number of hydrogen-bond donors (Lipinski definition) is 1. The number of ether oxygens (including phenoxy) is 1. The number of fused-ring (bicyclic) bond motifs is 3. The van der Waals surface area contributed by atoms with Gasteiger partial charge in [-0.2, -0.15) is 0 Å². The van der Waals surface area contributed by atoms with Crippen LogP contribution in [0.4, 0.5) is 0 Å². The third kappa shape index (κ3) is 3.24. The molecule has 156 valence electrons. The van der Waals surface area contributed by atoms with Gasteiger partial charge in [0.15, 0.2) is 5.78 Å². The SMILES string of the molecule is COc1ccccc1[C@@H]1c2[nH]c3ccccc3c2CCN1C(=O)c1csc(C(C)=O)c1. The number of nitrogens with one attached hydrogen (secondary N) is 1. The number of H-pyrrole nitrogens is 1. The van der Waals surface area contributed by atoms with Gasteiger partial charge >= 0.3 is 0 Å². The topological polar surface area (TPSA) is 62.4 Å². The minimum atomic E-state index is -0.305. The van der Waals surface area contributed by atoms with Crippen LogP contribution in [0.2, 0.25) is 0 Å². The summed E-state index contributed by atoms with van der Waals surface area (Å²) in [6.45, 7) is 2.11. The van der Waals surface area contributed by atoms with Gasteiger partial charge in [0, 0.05) is 34.1 Å². The van der Waals surface area contributed by atoms with E-state index >= 15 is 0 Å². The van der Waals surface area contributed by atoms with Gasteiger partial charge in [0.05, 0.1) is 17.6 Å². The number of carbonyl (C=O) groups is 2. The van der Waals surface area contributed by atoms with Crippen LogP contribution in [0.1, 0.15) is 49.8 Å². The van der Waals surface area contributed by atoms with E-state index in [-0.39, 0.29) is 17.7 Å². The lowest BCUT2D eigenvalue weighted by atomic mass is 9.91. The van der Waals surface area contributed by atoms with Gasteiger partial charge in [0.1, 0.15) is 11.8 Å². The van der Waals surface area contributed by atoms with Gasteiger partial charge in [0.2, 0.25) is 0 Å². The van der Waals surface area contributed by atoms with Crippen LogP contribution >= 0.6 is 11.3 Å². The lowest BCUT2D eigenvalue weighted by molar-refractivity contribution is 0.0690. The number of thiophene rings is 1. The molecular weight excluding hydrogens is 408 g/mol. The Bertz CT molecular complexity index is 1300. The van der Waals surface area contributed by atoms with Crippen LogP contribution in [0.3, 0.4) is 0 Å². The number of aromatic nitrogens is 1. The van der Waals surface area contributed by atoms with Crippen molar-refractivity contribution < 1.29 is 14.3 Å². The van der Waals surface area contributed by atoms with E-state index in [2.05, 4.69) is 17.1 Å². The largest absolute Gasteiger partial charge is 0.496 e. The van der Waals surface area contributed by atoms with Crippen molar-refractivity contribution in [3.05, 3.63) is 87.2 Å². The van der Waals surface area contributed by atoms with Crippen molar-refractivity contribution in [2.75, 3.05) is 13.7 Å². The number of methoxy groups -OCH3 is 1. The Kier molecular flexibility index (Phi) is 4.87. The first kappa shape index (κ1) is 19.6. The molecule has 2 aromatic carbocycles. The van der Waals surface area contributed by atoms with E-state index in [9.17, 15) is 9.59 Å². The Labute approximate surface area is 184 Å². The lowest BCUT2D eigenvalue weighted by Crippen LogP contribution is -2.40. The van der Waals surface area contributed by atoms with E-state index in [1.807, 2.05) is 41.3 Å². The van der Waals surface area contributed by atoms with Crippen molar-refractivity contribution in [1.29, 1.82) is 0 Å². The maximum Gasteiger partial charge on any atom is 0.255 e. The van der Waals surface area contributed by atoms with Gasteiger partial charge < -0.3 is 14.6 Å². The summed E-state index contributed by atoms with van der Waals surface area (Å²) in [5.74, 6) is 0.636. The molecule has 0 saturated carbocycles. The van der Waals surface area contributed by atoms with Crippen molar-refractivity contribution in [2.24, 2.45) is 0 Å².